The predicted molar refractivity (Wildman–Crippen MR) is 90.1 cm³/mol. The third-order valence-corrected chi connectivity index (χ3v) is 3.50. The van der Waals surface area contributed by atoms with Crippen molar-refractivity contribution >= 4 is 11.9 Å². The Bertz CT molecular complexity index is 741. The Balaban J connectivity index is 2.29. The summed E-state index contributed by atoms with van der Waals surface area (Å²) in [7, 11) is 0. The van der Waals surface area contributed by atoms with Crippen molar-refractivity contribution in [2.24, 2.45) is 0 Å². The number of aromatic carboxylic acids is 1. The highest BCUT2D eigenvalue weighted by atomic mass is 16.5. The summed E-state index contributed by atoms with van der Waals surface area (Å²) in [6.07, 6.45) is 0.897. The molecule has 24 heavy (non-hydrogen) atoms. The van der Waals surface area contributed by atoms with Crippen LogP contribution in [0.15, 0.2) is 36.4 Å². The molecule has 0 unspecified atom stereocenters. The Labute approximate surface area is 140 Å². The maximum atomic E-state index is 12.5. The van der Waals surface area contributed by atoms with Gasteiger partial charge in [-0.05, 0) is 55.7 Å². The monoisotopic (exact) mass is 328 g/mol. The highest BCUT2D eigenvalue weighted by molar-refractivity contribution is 5.97. The first-order chi connectivity index (χ1) is 11.4. The van der Waals surface area contributed by atoms with Crippen LogP contribution in [0.4, 0.5) is 0 Å². The van der Waals surface area contributed by atoms with Crippen molar-refractivity contribution < 1.29 is 24.2 Å². The van der Waals surface area contributed by atoms with Crippen molar-refractivity contribution in [3.05, 3.63) is 58.7 Å². The van der Waals surface area contributed by atoms with E-state index in [1.807, 2.05) is 6.92 Å². The highest BCUT2D eigenvalue weighted by Crippen LogP contribution is 2.25. The van der Waals surface area contributed by atoms with Gasteiger partial charge in [-0.15, -0.1) is 0 Å². The number of para-hydroxylation sites is 1. The number of hydrogen-bond acceptors (Lipinski definition) is 4. The fraction of sp³-hybridized carbons (Fsp3) is 0.263. The lowest BCUT2D eigenvalue weighted by Crippen LogP contribution is -2.14. The second-order valence-corrected chi connectivity index (χ2v) is 5.47. The smallest absolute Gasteiger partial charge is 0.344 e. The van der Waals surface area contributed by atoms with E-state index in [0.29, 0.717) is 17.9 Å². The van der Waals surface area contributed by atoms with Crippen LogP contribution in [0.3, 0.4) is 0 Å². The molecular formula is C19H20O5. The van der Waals surface area contributed by atoms with Gasteiger partial charge in [-0.1, -0.05) is 19.1 Å². The average molecular weight is 328 g/mol. The zero-order chi connectivity index (χ0) is 17.7. The normalized spacial score (nSPS) is 10.3. The zero-order valence-electron chi connectivity index (χ0n) is 14.0. The summed E-state index contributed by atoms with van der Waals surface area (Å²) in [6.45, 7) is 6.22. The molecule has 1 N–H and O–H groups in total. The van der Waals surface area contributed by atoms with E-state index in [1.54, 1.807) is 38.1 Å². The Morgan fingerprint density at radius 2 is 1.71 bits per heavy atom. The molecule has 0 atom stereocenters. The van der Waals surface area contributed by atoms with Crippen LogP contribution >= 0.6 is 0 Å². The molecule has 0 bridgehead atoms. The molecule has 0 spiro atoms. The van der Waals surface area contributed by atoms with E-state index < -0.39 is 11.9 Å². The van der Waals surface area contributed by atoms with Crippen LogP contribution in [-0.4, -0.2) is 23.7 Å². The molecule has 0 saturated heterocycles. The van der Waals surface area contributed by atoms with Gasteiger partial charge in [0.2, 0.25) is 0 Å². The SMILES string of the molecule is CCCOc1cc(C)c(C(=O)Oc2ccccc2C(=O)O)c(C)c1. The quantitative estimate of drug-likeness (QED) is 0.641. The molecule has 0 radical (unpaired) electrons. The number of carboxylic acids is 1. The number of carboxylic acid groups (broad SMARTS) is 1. The Morgan fingerprint density at radius 3 is 2.29 bits per heavy atom. The van der Waals surface area contributed by atoms with Gasteiger partial charge in [0.15, 0.2) is 0 Å². The van der Waals surface area contributed by atoms with Crippen LogP contribution in [0, 0.1) is 13.8 Å². The topological polar surface area (TPSA) is 72.8 Å². The number of rotatable bonds is 6. The fourth-order valence-corrected chi connectivity index (χ4v) is 2.43. The Kier molecular flexibility index (Phi) is 5.58. The molecule has 0 aliphatic carbocycles. The molecule has 2 rings (SSSR count). The summed E-state index contributed by atoms with van der Waals surface area (Å²) >= 11 is 0. The number of benzene rings is 2. The largest absolute Gasteiger partial charge is 0.494 e. The van der Waals surface area contributed by atoms with Gasteiger partial charge in [-0.3, -0.25) is 0 Å². The second-order valence-electron chi connectivity index (χ2n) is 5.47. The van der Waals surface area contributed by atoms with Crippen LogP contribution in [0.1, 0.15) is 45.2 Å². The van der Waals surface area contributed by atoms with E-state index in [4.69, 9.17) is 14.6 Å². The van der Waals surface area contributed by atoms with Gasteiger partial charge in [0, 0.05) is 0 Å². The van der Waals surface area contributed by atoms with Crippen LogP contribution in [0.2, 0.25) is 0 Å². The molecule has 2 aromatic carbocycles. The van der Waals surface area contributed by atoms with Gasteiger partial charge in [0.25, 0.3) is 0 Å². The van der Waals surface area contributed by atoms with Crippen LogP contribution < -0.4 is 9.47 Å². The van der Waals surface area contributed by atoms with Gasteiger partial charge in [0.05, 0.1) is 12.2 Å². The summed E-state index contributed by atoms with van der Waals surface area (Å²) in [5, 5.41) is 9.17. The predicted octanol–water partition coefficient (Wildman–Crippen LogP) is 4.01. The van der Waals surface area contributed by atoms with Gasteiger partial charge in [0.1, 0.15) is 17.1 Å². The minimum atomic E-state index is -1.14. The van der Waals surface area contributed by atoms with E-state index in [9.17, 15) is 9.59 Å². The van der Waals surface area contributed by atoms with Crippen molar-refractivity contribution in [1.82, 2.24) is 0 Å². The Hall–Kier alpha value is -2.82. The van der Waals surface area contributed by atoms with Crippen molar-refractivity contribution in [3.63, 3.8) is 0 Å². The number of carbonyl (C=O) groups is 2. The van der Waals surface area contributed by atoms with E-state index in [0.717, 1.165) is 17.5 Å². The van der Waals surface area contributed by atoms with Crippen molar-refractivity contribution in [2.45, 2.75) is 27.2 Å². The molecule has 0 aromatic heterocycles. The van der Waals surface area contributed by atoms with Crippen LogP contribution in [-0.2, 0) is 0 Å². The maximum absolute atomic E-state index is 12.5. The molecule has 0 aliphatic rings. The molecule has 0 saturated carbocycles. The molecule has 0 heterocycles. The van der Waals surface area contributed by atoms with Crippen LogP contribution in [0.5, 0.6) is 11.5 Å². The van der Waals surface area contributed by atoms with E-state index in [1.165, 1.54) is 12.1 Å². The van der Waals surface area contributed by atoms with Gasteiger partial charge >= 0.3 is 11.9 Å². The van der Waals surface area contributed by atoms with Gasteiger partial charge in [-0.25, -0.2) is 9.59 Å². The van der Waals surface area contributed by atoms with Crippen LogP contribution in [0.25, 0.3) is 0 Å². The summed E-state index contributed by atoms with van der Waals surface area (Å²) in [6, 6.07) is 9.62. The van der Waals surface area contributed by atoms with Crippen molar-refractivity contribution in [1.29, 1.82) is 0 Å². The first-order valence-electron chi connectivity index (χ1n) is 7.72. The Morgan fingerprint density at radius 1 is 1.08 bits per heavy atom. The molecule has 2 aromatic rings. The summed E-state index contributed by atoms with van der Waals surface area (Å²) < 4.78 is 10.9. The van der Waals surface area contributed by atoms with Crippen molar-refractivity contribution in [3.8, 4) is 11.5 Å². The third-order valence-electron chi connectivity index (χ3n) is 3.50. The maximum Gasteiger partial charge on any atom is 0.344 e. The minimum absolute atomic E-state index is 0.0279. The summed E-state index contributed by atoms with van der Waals surface area (Å²) in [5.74, 6) is -0.995. The first kappa shape index (κ1) is 17.5. The van der Waals surface area contributed by atoms with Gasteiger partial charge in [-0.2, -0.15) is 0 Å². The second kappa shape index (κ2) is 7.64. The lowest BCUT2D eigenvalue weighted by molar-refractivity contribution is 0.0681. The van der Waals surface area contributed by atoms with E-state index in [-0.39, 0.29) is 11.3 Å². The number of hydrogen-bond donors (Lipinski definition) is 1. The highest BCUT2D eigenvalue weighted by Gasteiger charge is 2.19. The number of carbonyl (C=O) groups excluding carboxylic acids is 1. The molecule has 5 nitrogen and oxygen atoms in total. The average Bonchev–Trinajstić information content (AvgIpc) is 2.52. The number of ether oxygens (including phenoxy) is 2. The van der Waals surface area contributed by atoms with Crippen molar-refractivity contribution in [2.75, 3.05) is 6.61 Å². The molecule has 5 heteroatoms. The summed E-state index contributed by atoms with van der Waals surface area (Å²) in [4.78, 5) is 23.7. The molecular weight excluding hydrogens is 308 g/mol. The van der Waals surface area contributed by atoms with Gasteiger partial charge < -0.3 is 14.6 Å². The molecule has 0 aliphatic heterocycles. The lowest BCUT2D eigenvalue weighted by atomic mass is 10.0. The fourth-order valence-electron chi connectivity index (χ4n) is 2.43. The van der Waals surface area contributed by atoms with E-state index in [2.05, 4.69) is 0 Å². The minimum Gasteiger partial charge on any atom is -0.494 e. The zero-order valence-corrected chi connectivity index (χ0v) is 14.0. The van der Waals surface area contributed by atoms with E-state index >= 15 is 0 Å². The molecule has 0 fully saturated rings. The molecule has 126 valence electrons. The summed E-state index contributed by atoms with van der Waals surface area (Å²) in [5.41, 5.74) is 1.81. The molecule has 0 amide bonds. The third kappa shape index (κ3) is 3.93. The lowest BCUT2D eigenvalue weighted by Gasteiger charge is -2.13. The number of aryl methyl sites for hydroxylation is 2. The number of esters is 1. The first-order valence-corrected chi connectivity index (χ1v) is 7.72. The standard InChI is InChI=1S/C19H20O5/c1-4-9-23-14-10-12(2)17(13(3)11-14)19(22)24-16-8-6-5-7-15(16)18(20)21/h5-8,10-11H,4,9H2,1-3H3,(H,20,21).